The van der Waals surface area contributed by atoms with Crippen molar-refractivity contribution in [3.63, 3.8) is 0 Å². The van der Waals surface area contributed by atoms with Crippen LogP contribution in [0.25, 0.3) is 22.3 Å². The number of likely N-dealkylation sites (N-methyl/N-ethyl adjacent to an activating group) is 1. The van der Waals surface area contributed by atoms with Gasteiger partial charge in [-0.1, -0.05) is 24.6 Å². The number of rotatable bonds is 8. The predicted molar refractivity (Wildman–Crippen MR) is 147 cm³/mol. The molecule has 1 amide bonds. The van der Waals surface area contributed by atoms with Crippen molar-refractivity contribution >= 4 is 29.5 Å². The minimum Gasteiger partial charge on any atom is -0.507 e. The zero-order valence-corrected chi connectivity index (χ0v) is 22.0. The van der Waals surface area contributed by atoms with Crippen molar-refractivity contribution in [2.45, 2.75) is 6.92 Å². The molecule has 0 unspecified atom stereocenters. The molecule has 1 aliphatic heterocycles. The molecule has 2 aromatic carbocycles. The van der Waals surface area contributed by atoms with Crippen LogP contribution in [0.4, 0.5) is 15.9 Å². The number of halogens is 2. The molecule has 1 saturated heterocycles. The van der Waals surface area contributed by atoms with Crippen LogP contribution < -0.4 is 9.80 Å². The second-order valence-corrected chi connectivity index (χ2v) is 9.52. The van der Waals surface area contributed by atoms with Gasteiger partial charge in [-0.15, -0.1) is 0 Å². The largest absolute Gasteiger partial charge is 0.507 e. The Hall–Kier alpha value is -3.62. The predicted octanol–water partition coefficient (Wildman–Crippen LogP) is 5.05. The third kappa shape index (κ3) is 6.03. The van der Waals surface area contributed by atoms with E-state index in [0.717, 1.165) is 38.5 Å². The van der Waals surface area contributed by atoms with Crippen LogP contribution in [0, 0.1) is 5.82 Å². The number of nitrogens with zero attached hydrogens (tertiary/aromatic N) is 5. The molecule has 3 aromatic rings. The summed E-state index contributed by atoms with van der Waals surface area (Å²) >= 11 is 6.50. The SMILES string of the molecule is CCN1CCN(c2cc(-c3cc(F)cc(-c4ccc(N(C=O)/C=C\N(C)C)c(Cl)c4)c3O)ccn2)CC1. The van der Waals surface area contributed by atoms with Gasteiger partial charge in [0.1, 0.15) is 17.4 Å². The second-order valence-electron chi connectivity index (χ2n) is 9.11. The van der Waals surface area contributed by atoms with Crippen molar-refractivity contribution < 1.29 is 14.3 Å². The Labute approximate surface area is 222 Å². The van der Waals surface area contributed by atoms with Gasteiger partial charge in [0, 0.05) is 70.0 Å². The van der Waals surface area contributed by atoms with Gasteiger partial charge >= 0.3 is 0 Å². The summed E-state index contributed by atoms with van der Waals surface area (Å²) < 4.78 is 14.8. The number of benzene rings is 2. The molecule has 7 nitrogen and oxygen atoms in total. The maximum Gasteiger partial charge on any atom is 0.218 e. The fraction of sp³-hybridized carbons (Fsp3) is 0.286. The number of aromatic nitrogens is 1. The molecule has 0 atom stereocenters. The van der Waals surface area contributed by atoms with Crippen molar-refractivity contribution in [1.82, 2.24) is 14.8 Å². The van der Waals surface area contributed by atoms with Crippen LogP contribution in [0.2, 0.25) is 5.02 Å². The third-order valence-corrected chi connectivity index (χ3v) is 6.75. The van der Waals surface area contributed by atoms with E-state index in [0.29, 0.717) is 34.4 Å². The van der Waals surface area contributed by atoms with Crippen LogP contribution in [0.3, 0.4) is 0 Å². The molecule has 1 aromatic heterocycles. The van der Waals surface area contributed by atoms with Gasteiger partial charge in [-0.25, -0.2) is 9.37 Å². The summed E-state index contributed by atoms with van der Waals surface area (Å²) in [6.07, 6.45) is 5.65. The van der Waals surface area contributed by atoms with Gasteiger partial charge in [-0.3, -0.25) is 9.69 Å². The number of amides is 1. The van der Waals surface area contributed by atoms with Gasteiger partial charge in [0.05, 0.1) is 10.7 Å². The molecule has 1 fully saturated rings. The van der Waals surface area contributed by atoms with Crippen LogP contribution in [-0.2, 0) is 4.79 Å². The summed E-state index contributed by atoms with van der Waals surface area (Å²) in [5, 5.41) is 11.5. The van der Waals surface area contributed by atoms with Gasteiger partial charge in [0.15, 0.2) is 0 Å². The number of hydrogen-bond acceptors (Lipinski definition) is 6. The Morgan fingerprint density at radius 1 is 1.03 bits per heavy atom. The number of carbonyl (C=O) groups is 1. The minimum absolute atomic E-state index is 0.0575. The number of pyridine rings is 1. The Morgan fingerprint density at radius 2 is 1.70 bits per heavy atom. The van der Waals surface area contributed by atoms with Gasteiger partial charge in [0.2, 0.25) is 6.41 Å². The van der Waals surface area contributed by atoms with E-state index in [9.17, 15) is 14.3 Å². The maximum absolute atomic E-state index is 14.8. The molecule has 1 N–H and O–H groups in total. The normalized spacial score (nSPS) is 14.2. The van der Waals surface area contributed by atoms with Crippen molar-refractivity contribution in [3.05, 3.63) is 71.9 Å². The topological polar surface area (TPSA) is 63.2 Å². The van der Waals surface area contributed by atoms with Gasteiger partial charge in [-0.05, 0) is 54.1 Å². The van der Waals surface area contributed by atoms with E-state index in [1.54, 1.807) is 47.8 Å². The molecule has 0 bridgehead atoms. The maximum atomic E-state index is 14.8. The van der Waals surface area contributed by atoms with Crippen molar-refractivity contribution in [2.75, 3.05) is 56.6 Å². The van der Waals surface area contributed by atoms with Gasteiger partial charge in [0.25, 0.3) is 0 Å². The Bertz CT molecular complexity index is 1290. The standard InChI is InChI=1S/C28H31ClFN5O2/c1-4-33-10-13-34(14-11-33)27-16-21(7-8-31-27)24-18-22(30)17-23(28(24)37)20-5-6-26(25(29)15-20)35(19-36)12-9-32(2)3/h5-9,12,15-19,37H,4,10-11,13-14H2,1-3H3/b12-9-. The van der Waals surface area contributed by atoms with Crippen LogP contribution in [0.1, 0.15) is 6.92 Å². The highest BCUT2D eigenvalue weighted by atomic mass is 35.5. The van der Waals surface area contributed by atoms with E-state index >= 15 is 0 Å². The Kier molecular flexibility index (Phi) is 8.31. The minimum atomic E-state index is -0.485. The highest BCUT2D eigenvalue weighted by Gasteiger charge is 2.20. The number of phenols is 1. The number of carbonyl (C=O) groups excluding carboxylic acids is 1. The van der Waals surface area contributed by atoms with Crippen molar-refractivity contribution in [3.8, 4) is 28.0 Å². The molecule has 0 radical (unpaired) electrons. The first-order chi connectivity index (χ1) is 17.8. The van der Waals surface area contributed by atoms with Crippen molar-refractivity contribution in [2.24, 2.45) is 0 Å². The highest BCUT2D eigenvalue weighted by Crippen LogP contribution is 2.41. The lowest BCUT2D eigenvalue weighted by atomic mass is 9.97. The average Bonchev–Trinajstić information content (AvgIpc) is 2.90. The molecule has 4 rings (SSSR count). The number of aromatic hydroxyl groups is 1. The molecule has 9 heteroatoms. The van der Waals surface area contributed by atoms with E-state index in [2.05, 4.69) is 21.7 Å². The molecular weight excluding hydrogens is 493 g/mol. The summed E-state index contributed by atoms with van der Waals surface area (Å²) in [5.41, 5.74) is 2.34. The van der Waals surface area contributed by atoms with Crippen LogP contribution in [0.15, 0.2) is 61.1 Å². The summed E-state index contributed by atoms with van der Waals surface area (Å²) in [5.74, 6) is 0.255. The second kappa shape index (κ2) is 11.6. The number of phenolic OH excluding ortho intramolecular Hbond substituents is 1. The first kappa shape index (κ1) is 26.4. The molecular formula is C28H31ClFN5O2. The smallest absolute Gasteiger partial charge is 0.218 e. The number of piperazine rings is 1. The van der Waals surface area contributed by atoms with E-state index < -0.39 is 5.82 Å². The Balaban J connectivity index is 1.67. The van der Waals surface area contributed by atoms with E-state index in [1.165, 1.54) is 17.0 Å². The monoisotopic (exact) mass is 523 g/mol. The lowest BCUT2D eigenvalue weighted by Gasteiger charge is -2.34. The zero-order chi connectivity index (χ0) is 26.5. The summed E-state index contributed by atoms with van der Waals surface area (Å²) in [6.45, 7) is 6.81. The lowest BCUT2D eigenvalue weighted by Crippen LogP contribution is -2.46. The average molecular weight is 524 g/mol. The van der Waals surface area contributed by atoms with Gasteiger partial charge < -0.3 is 19.8 Å². The molecule has 0 spiro atoms. The molecule has 194 valence electrons. The fourth-order valence-corrected chi connectivity index (χ4v) is 4.63. The number of anilines is 2. The van der Waals surface area contributed by atoms with Crippen LogP contribution in [-0.4, -0.2) is 73.1 Å². The van der Waals surface area contributed by atoms with Gasteiger partial charge in [-0.2, -0.15) is 0 Å². The Morgan fingerprint density at radius 3 is 2.30 bits per heavy atom. The van der Waals surface area contributed by atoms with Crippen LogP contribution in [0.5, 0.6) is 5.75 Å². The quantitative estimate of drug-likeness (QED) is 0.417. The molecule has 0 aliphatic carbocycles. The van der Waals surface area contributed by atoms with E-state index in [4.69, 9.17) is 11.6 Å². The first-order valence-electron chi connectivity index (χ1n) is 12.1. The van der Waals surface area contributed by atoms with Crippen molar-refractivity contribution in [1.29, 1.82) is 0 Å². The molecule has 2 heterocycles. The molecule has 37 heavy (non-hydrogen) atoms. The highest BCUT2D eigenvalue weighted by molar-refractivity contribution is 6.34. The summed E-state index contributed by atoms with van der Waals surface area (Å²) in [6, 6.07) is 11.2. The first-order valence-corrected chi connectivity index (χ1v) is 12.5. The number of hydrogen-bond donors (Lipinski definition) is 1. The van der Waals surface area contributed by atoms with E-state index in [1.807, 2.05) is 20.2 Å². The summed E-state index contributed by atoms with van der Waals surface area (Å²) in [7, 11) is 3.68. The summed E-state index contributed by atoms with van der Waals surface area (Å²) in [4.78, 5) is 23.8. The van der Waals surface area contributed by atoms with E-state index in [-0.39, 0.29) is 10.8 Å². The molecule has 1 aliphatic rings. The lowest BCUT2D eigenvalue weighted by molar-refractivity contribution is -0.106. The van der Waals surface area contributed by atoms with Crippen LogP contribution >= 0.6 is 11.6 Å². The zero-order valence-electron chi connectivity index (χ0n) is 21.2. The fourth-order valence-electron chi connectivity index (χ4n) is 4.35. The molecule has 0 saturated carbocycles. The third-order valence-electron chi connectivity index (χ3n) is 6.45.